The molecular formula is C24H23FN4O3S. The quantitative estimate of drug-likeness (QED) is 0.454. The number of benzene rings is 2. The number of amides is 2. The predicted molar refractivity (Wildman–Crippen MR) is 125 cm³/mol. The Bertz CT molecular complexity index is 1220. The molecule has 0 spiro atoms. The van der Waals surface area contributed by atoms with Crippen LogP contribution in [0.4, 0.5) is 14.9 Å². The maximum absolute atomic E-state index is 14.3. The summed E-state index contributed by atoms with van der Waals surface area (Å²) in [6.45, 7) is 1.04. The average Bonchev–Trinajstić information content (AvgIpc) is 3.20. The number of anilines is 1. The summed E-state index contributed by atoms with van der Waals surface area (Å²) < 4.78 is 19.8. The lowest BCUT2D eigenvalue weighted by atomic mass is 9.98. The van der Waals surface area contributed by atoms with Crippen LogP contribution in [0.25, 0.3) is 10.9 Å². The molecular weight excluding hydrogens is 443 g/mol. The highest BCUT2D eigenvalue weighted by atomic mass is 32.2. The number of alkyl carbamates (subject to hydrolysis) is 1. The van der Waals surface area contributed by atoms with Gasteiger partial charge in [-0.05, 0) is 55.3 Å². The molecule has 0 bridgehead atoms. The Morgan fingerprint density at radius 2 is 2.12 bits per heavy atom. The zero-order chi connectivity index (χ0) is 22.8. The van der Waals surface area contributed by atoms with Gasteiger partial charge in [0.2, 0.25) is 5.91 Å². The van der Waals surface area contributed by atoms with Crippen LogP contribution in [0.1, 0.15) is 30.0 Å². The van der Waals surface area contributed by atoms with E-state index in [9.17, 15) is 14.0 Å². The van der Waals surface area contributed by atoms with Crippen molar-refractivity contribution in [1.82, 2.24) is 15.6 Å². The molecule has 170 valence electrons. The Hall–Kier alpha value is -3.17. The molecule has 2 aromatic carbocycles. The number of hydrogen-bond acceptors (Lipinski definition) is 6. The Morgan fingerprint density at radius 1 is 1.21 bits per heavy atom. The number of hydrogen-bond donors (Lipinski definition) is 3. The second kappa shape index (κ2) is 9.36. The lowest BCUT2D eigenvalue weighted by Crippen LogP contribution is -2.25. The molecule has 1 unspecified atom stereocenters. The molecule has 5 rings (SSSR count). The van der Waals surface area contributed by atoms with Crippen molar-refractivity contribution < 1.29 is 18.7 Å². The summed E-state index contributed by atoms with van der Waals surface area (Å²) in [6.07, 6.45) is 2.33. The smallest absolute Gasteiger partial charge is 0.408 e. The Kier molecular flexibility index (Phi) is 6.15. The van der Waals surface area contributed by atoms with Gasteiger partial charge in [0.05, 0.1) is 23.0 Å². The van der Waals surface area contributed by atoms with E-state index in [2.05, 4.69) is 20.9 Å². The highest BCUT2D eigenvalue weighted by molar-refractivity contribution is 8.00. The number of carbonyl (C=O) groups excluding carboxylic acids is 2. The molecule has 1 aromatic heterocycles. The van der Waals surface area contributed by atoms with Crippen molar-refractivity contribution in [3.63, 3.8) is 0 Å². The molecule has 3 aromatic rings. The van der Waals surface area contributed by atoms with Crippen LogP contribution < -0.4 is 16.0 Å². The second-order valence-electron chi connectivity index (χ2n) is 8.07. The highest BCUT2D eigenvalue weighted by Crippen LogP contribution is 2.36. The van der Waals surface area contributed by atoms with Crippen LogP contribution in [0.2, 0.25) is 0 Å². The van der Waals surface area contributed by atoms with Crippen LogP contribution in [0.15, 0.2) is 53.6 Å². The summed E-state index contributed by atoms with van der Waals surface area (Å²) in [5.74, 6) is 0.122. The van der Waals surface area contributed by atoms with Crippen LogP contribution in [-0.2, 0) is 16.1 Å². The zero-order valence-electron chi connectivity index (χ0n) is 17.8. The number of ether oxygens (including phenoxy) is 1. The van der Waals surface area contributed by atoms with E-state index < -0.39 is 6.09 Å². The van der Waals surface area contributed by atoms with E-state index in [-0.39, 0.29) is 23.9 Å². The third-order valence-corrected chi connectivity index (χ3v) is 6.96. The minimum absolute atomic E-state index is 0.0302. The van der Waals surface area contributed by atoms with Gasteiger partial charge in [0, 0.05) is 28.6 Å². The molecule has 3 heterocycles. The first-order valence-electron chi connectivity index (χ1n) is 10.8. The van der Waals surface area contributed by atoms with Gasteiger partial charge in [0.15, 0.2) is 0 Å². The largest absolute Gasteiger partial charge is 0.444 e. The minimum atomic E-state index is -0.445. The number of nitrogens with zero attached hydrogens (tertiary/aromatic N) is 1. The molecule has 2 amide bonds. The highest BCUT2D eigenvalue weighted by Gasteiger charge is 2.35. The summed E-state index contributed by atoms with van der Waals surface area (Å²) in [4.78, 5) is 29.0. The molecule has 7 nitrogen and oxygen atoms in total. The standard InChI is InChI=1S/C24H23FN4O3S/c25-17-6-7-18-15(3-1-10-27-18)16(17)12-26-9-2-4-20-23(29-24(31)32-20)14-5-8-21-19(11-14)28-22(30)13-33-21/h1,3,5-8,10-11,20,23,26H,2,4,9,12-13H2,(H,28,30)(H,29,31)/t20-,23?/m1/s1. The van der Waals surface area contributed by atoms with Gasteiger partial charge in [-0.1, -0.05) is 12.1 Å². The van der Waals surface area contributed by atoms with Crippen LogP contribution in [0.5, 0.6) is 0 Å². The molecule has 2 atom stereocenters. The molecule has 2 aliphatic rings. The molecule has 0 radical (unpaired) electrons. The van der Waals surface area contributed by atoms with E-state index in [1.807, 2.05) is 24.3 Å². The number of pyridine rings is 1. The first-order valence-corrected chi connectivity index (χ1v) is 11.8. The first-order chi connectivity index (χ1) is 16.1. The second-order valence-corrected chi connectivity index (χ2v) is 9.09. The fourth-order valence-electron chi connectivity index (χ4n) is 4.29. The van der Waals surface area contributed by atoms with Gasteiger partial charge in [0.1, 0.15) is 11.9 Å². The van der Waals surface area contributed by atoms with Crippen molar-refractivity contribution >= 4 is 40.4 Å². The first kappa shape index (κ1) is 21.7. The Balaban J connectivity index is 1.19. The number of rotatable bonds is 7. The van der Waals surface area contributed by atoms with Crippen molar-refractivity contribution in [1.29, 1.82) is 0 Å². The number of nitrogens with one attached hydrogen (secondary N) is 3. The van der Waals surface area contributed by atoms with Gasteiger partial charge in [-0.25, -0.2) is 9.18 Å². The van der Waals surface area contributed by atoms with Crippen LogP contribution in [-0.4, -0.2) is 35.4 Å². The molecule has 1 fully saturated rings. The van der Waals surface area contributed by atoms with Gasteiger partial charge in [-0.2, -0.15) is 0 Å². The SMILES string of the molecule is O=C1CSc2ccc(C3NC(=O)O[C@@H]3CCCNCc3c(F)ccc4ncccc34)cc2N1. The number of halogens is 1. The van der Waals surface area contributed by atoms with Crippen molar-refractivity contribution in [3.05, 3.63) is 65.6 Å². The third kappa shape index (κ3) is 4.65. The fourth-order valence-corrected chi connectivity index (χ4v) is 5.07. The van der Waals surface area contributed by atoms with Gasteiger partial charge < -0.3 is 20.7 Å². The minimum Gasteiger partial charge on any atom is -0.444 e. The number of thioether (sulfide) groups is 1. The Labute approximate surface area is 194 Å². The van der Waals surface area contributed by atoms with Crippen molar-refractivity contribution in [2.75, 3.05) is 17.6 Å². The molecule has 9 heteroatoms. The van der Waals surface area contributed by atoms with E-state index in [4.69, 9.17) is 4.74 Å². The molecule has 3 N–H and O–H groups in total. The molecule has 33 heavy (non-hydrogen) atoms. The van der Waals surface area contributed by atoms with E-state index in [0.29, 0.717) is 30.8 Å². The third-order valence-electron chi connectivity index (χ3n) is 5.88. The zero-order valence-corrected chi connectivity index (χ0v) is 18.6. The number of carbonyl (C=O) groups is 2. The maximum atomic E-state index is 14.3. The number of fused-ring (bicyclic) bond motifs is 2. The van der Waals surface area contributed by atoms with Crippen LogP contribution in [0, 0.1) is 5.82 Å². The fraction of sp³-hybridized carbons (Fsp3) is 0.292. The molecule has 2 aliphatic heterocycles. The van der Waals surface area contributed by atoms with Gasteiger partial charge in [0.25, 0.3) is 0 Å². The van der Waals surface area contributed by atoms with E-state index >= 15 is 0 Å². The summed E-state index contributed by atoms with van der Waals surface area (Å²) >= 11 is 1.50. The Morgan fingerprint density at radius 3 is 3.03 bits per heavy atom. The lowest BCUT2D eigenvalue weighted by Gasteiger charge is -2.21. The average molecular weight is 467 g/mol. The van der Waals surface area contributed by atoms with E-state index in [1.54, 1.807) is 18.3 Å². The van der Waals surface area contributed by atoms with Crippen molar-refractivity contribution in [2.45, 2.75) is 36.4 Å². The summed E-state index contributed by atoms with van der Waals surface area (Å²) in [7, 11) is 0. The van der Waals surface area contributed by atoms with Crippen molar-refractivity contribution in [3.8, 4) is 0 Å². The molecule has 0 saturated carbocycles. The summed E-state index contributed by atoms with van der Waals surface area (Å²) in [5, 5.41) is 9.85. The summed E-state index contributed by atoms with van der Waals surface area (Å²) in [6, 6.07) is 12.3. The summed E-state index contributed by atoms with van der Waals surface area (Å²) in [5.41, 5.74) is 3.02. The topological polar surface area (TPSA) is 92.4 Å². The predicted octanol–water partition coefficient (Wildman–Crippen LogP) is 4.14. The van der Waals surface area contributed by atoms with Crippen LogP contribution in [0.3, 0.4) is 0 Å². The maximum Gasteiger partial charge on any atom is 0.408 e. The van der Waals surface area contributed by atoms with Gasteiger partial charge in [-0.3, -0.25) is 9.78 Å². The van der Waals surface area contributed by atoms with Gasteiger partial charge in [-0.15, -0.1) is 11.8 Å². The van der Waals surface area contributed by atoms with E-state index in [1.165, 1.54) is 17.8 Å². The molecule has 0 aliphatic carbocycles. The van der Waals surface area contributed by atoms with E-state index in [0.717, 1.165) is 33.5 Å². The van der Waals surface area contributed by atoms with Crippen molar-refractivity contribution in [2.24, 2.45) is 0 Å². The molecule has 1 saturated heterocycles. The normalized spacial score (nSPS) is 19.7. The lowest BCUT2D eigenvalue weighted by molar-refractivity contribution is -0.113. The number of cyclic esters (lactones) is 1. The monoisotopic (exact) mass is 466 g/mol. The number of aromatic nitrogens is 1. The van der Waals surface area contributed by atoms with Gasteiger partial charge >= 0.3 is 6.09 Å². The van der Waals surface area contributed by atoms with Crippen LogP contribution >= 0.6 is 11.8 Å².